The van der Waals surface area contributed by atoms with Gasteiger partial charge in [-0.2, -0.15) is 0 Å². The minimum absolute atomic E-state index is 0.0145. The SMILES string of the molecule is CN1C(=O)[C@H]2[C@H]3c4ccccc4N[C@H]3c3[nH]c4ccccc4c3[C@H]2C1=O. The lowest BCUT2D eigenvalue weighted by molar-refractivity contribution is -0.138. The van der Waals surface area contributed by atoms with Gasteiger partial charge in [-0.05, 0) is 23.3 Å². The Morgan fingerprint density at radius 1 is 0.923 bits per heavy atom. The molecule has 4 atom stereocenters. The lowest BCUT2D eigenvalue weighted by atomic mass is 9.68. The van der Waals surface area contributed by atoms with E-state index in [1.807, 2.05) is 36.4 Å². The Kier molecular flexibility index (Phi) is 2.47. The van der Waals surface area contributed by atoms with Gasteiger partial charge in [-0.1, -0.05) is 36.4 Å². The lowest BCUT2D eigenvalue weighted by Gasteiger charge is -2.33. The number of anilines is 1. The van der Waals surface area contributed by atoms with E-state index in [1.165, 1.54) is 4.90 Å². The number of para-hydroxylation sites is 2. The number of likely N-dealkylation sites (tertiary alicyclic amines) is 1. The van der Waals surface area contributed by atoms with E-state index < -0.39 is 5.92 Å². The van der Waals surface area contributed by atoms with Gasteiger partial charge >= 0.3 is 0 Å². The van der Waals surface area contributed by atoms with Crippen molar-refractivity contribution >= 4 is 28.4 Å². The Morgan fingerprint density at radius 3 is 2.58 bits per heavy atom. The standard InChI is InChI=1S/C21H17N3O2/c1-24-20(25)16-14-10-6-2-4-8-12(10)22-18(14)19-15(17(16)21(24)26)11-7-3-5-9-13(11)23-19/h2-9,14,16-18,22-23H,1H3/t14-,16+,17-,18-/m1/s1. The summed E-state index contributed by atoms with van der Waals surface area (Å²) in [5.74, 6) is -0.940. The number of imide groups is 1. The molecule has 3 aromatic rings. The summed E-state index contributed by atoms with van der Waals surface area (Å²) in [4.78, 5) is 30.9. The van der Waals surface area contributed by atoms with Crippen LogP contribution in [0.3, 0.4) is 0 Å². The predicted molar refractivity (Wildman–Crippen MR) is 97.9 cm³/mol. The van der Waals surface area contributed by atoms with E-state index in [1.54, 1.807) is 7.05 Å². The molecule has 5 nitrogen and oxygen atoms in total. The van der Waals surface area contributed by atoms with Crippen molar-refractivity contribution in [3.8, 4) is 0 Å². The van der Waals surface area contributed by atoms with Gasteiger partial charge in [0.05, 0.1) is 17.9 Å². The molecule has 6 rings (SSSR count). The molecule has 2 aromatic carbocycles. The maximum atomic E-state index is 13.0. The number of amides is 2. The molecule has 1 fully saturated rings. The largest absolute Gasteiger partial charge is 0.376 e. The number of likely N-dealkylation sites (N-methyl/N-ethyl adjacent to an activating group) is 1. The number of aromatic nitrogens is 1. The highest BCUT2D eigenvalue weighted by atomic mass is 16.2. The number of carbonyl (C=O) groups is 2. The minimum atomic E-state index is -0.409. The highest BCUT2D eigenvalue weighted by Gasteiger charge is 2.59. The summed E-state index contributed by atoms with van der Waals surface area (Å²) in [5, 5.41) is 4.65. The first-order valence-electron chi connectivity index (χ1n) is 8.94. The molecule has 1 aliphatic carbocycles. The molecule has 0 unspecified atom stereocenters. The normalized spacial score (nSPS) is 28.6. The summed E-state index contributed by atoms with van der Waals surface area (Å²) in [5.41, 5.74) is 5.25. The van der Waals surface area contributed by atoms with Gasteiger partial charge in [0.2, 0.25) is 11.8 Å². The van der Waals surface area contributed by atoms with Crippen molar-refractivity contribution in [3.05, 3.63) is 65.4 Å². The predicted octanol–water partition coefficient (Wildman–Crippen LogP) is 3.13. The van der Waals surface area contributed by atoms with Crippen molar-refractivity contribution in [2.45, 2.75) is 17.9 Å². The molecule has 0 radical (unpaired) electrons. The Morgan fingerprint density at radius 2 is 1.69 bits per heavy atom. The summed E-state index contributed by atoms with van der Waals surface area (Å²) in [6, 6.07) is 16.2. The van der Waals surface area contributed by atoms with Crippen LogP contribution >= 0.6 is 0 Å². The van der Waals surface area contributed by atoms with E-state index in [9.17, 15) is 9.59 Å². The maximum Gasteiger partial charge on any atom is 0.237 e. The zero-order valence-electron chi connectivity index (χ0n) is 14.2. The zero-order chi connectivity index (χ0) is 17.6. The number of rotatable bonds is 0. The van der Waals surface area contributed by atoms with Gasteiger partial charge in [0.1, 0.15) is 0 Å². The highest BCUT2D eigenvalue weighted by molar-refractivity contribution is 6.10. The van der Waals surface area contributed by atoms with Crippen LogP contribution in [-0.4, -0.2) is 28.7 Å². The van der Waals surface area contributed by atoms with Crippen LogP contribution in [-0.2, 0) is 9.59 Å². The van der Waals surface area contributed by atoms with Crippen LogP contribution in [0.25, 0.3) is 10.9 Å². The van der Waals surface area contributed by atoms with Crippen molar-refractivity contribution < 1.29 is 9.59 Å². The molecule has 0 bridgehead atoms. The number of hydrogen-bond donors (Lipinski definition) is 2. The molecule has 0 spiro atoms. The number of carbonyl (C=O) groups excluding carboxylic acids is 2. The number of H-pyrrole nitrogens is 1. The molecule has 5 heteroatoms. The van der Waals surface area contributed by atoms with Gasteiger partial charge in [-0.3, -0.25) is 14.5 Å². The van der Waals surface area contributed by atoms with Crippen molar-refractivity contribution in [2.24, 2.45) is 5.92 Å². The second kappa shape index (κ2) is 4.55. The zero-order valence-corrected chi connectivity index (χ0v) is 14.2. The second-order valence-corrected chi connectivity index (χ2v) is 7.47. The monoisotopic (exact) mass is 343 g/mol. The highest BCUT2D eigenvalue weighted by Crippen LogP contribution is 2.59. The van der Waals surface area contributed by atoms with Gasteiger partial charge in [-0.15, -0.1) is 0 Å². The van der Waals surface area contributed by atoms with E-state index in [0.29, 0.717) is 0 Å². The Bertz CT molecular complexity index is 1120. The average molecular weight is 343 g/mol. The van der Waals surface area contributed by atoms with E-state index >= 15 is 0 Å². The van der Waals surface area contributed by atoms with Crippen LogP contribution in [0.5, 0.6) is 0 Å². The molecule has 1 aromatic heterocycles. The van der Waals surface area contributed by atoms with Crippen LogP contribution in [0.4, 0.5) is 5.69 Å². The van der Waals surface area contributed by atoms with Crippen molar-refractivity contribution in [1.82, 2.24) is 9.88 Å². The van der Waals surface area contributed by atoms with Gasteiger partial charge in [0.25, 0.3) is 0 Å². The van der Waals surface area contributed by atoms with E-state index in [0.717, 1.165) is 33.4 Å². The molecule has 2 N–H and O–H groups in total. The average Bonchev–Trinajstić information content (AvgIpc) is 3.29. The molecule has 3 aliphatic rings. The smallest absolute Gasteiger partial charge is 0.237 e. The fourth-order valence-corrected chi connectivity index (χ4v) is 5.27. The third-order valence-corrected chi connectivity index (χ3v) is 6.35. The van der Waals surface area contributed by atoms with Crippen LogP contribution < -0.4 is 5.32 Å². The van der Waals surface area contributed by atoms with Crippen LogP contribution in [0, 0.1) is 5.92 Å². The summed E-state index contributed by atoms with van der Waals surface area (Å²) in [7, 11) is 1.61. The molecular formula is C21H17N3O2. The first-order chi connectivity index (χ1) is 12.7. The molecule has 128 valence electrons. The van der Waals surface area contributed by atoms with Gasteiger partial charge in [0, 0.05) is 35.2 Å². The minimum Gasteiger partial charge on any atom is -0.376 e. The summed E-state index contributed by atoms with van der Waals surface area (Å²) in [6.07, 6.45) is 0. The fourth-order valence-electron chi connectivity index (χ4n) is 5.27. The molecule has 1 saturated heterocycles. The topological polar surface area (TPSA) is 65.2 Å². The number of benzene rings is 2. The van der Waals surface area contributed by atoms with Gasteiger partial charge in [-0.25, -0.2) is 0 Å². The quantitative estimate of drug-likeness (QED) is 0.616. The van der Waals surface area contributed by atoms with E-state index in [-0.39, 0.29) is 29.7 Å². The second-order valence-electron chi connectivity index (χ2n) is 7.47. The lowest BCUT2D eigenvalue weighted by Crippen LogP contribution is -2.33. The molecule has 0 saturated carbocycles. The van der Waals surface area contributed by atoms with Gasteiger partial charge in [0.15, 0.2) is 0 Å². The third kappa shape index (κ3) is 1.48. The molecule has 2 aliphatic heterocycles. The van der Waals surface area contributed by atoms with Crippen molar-refractivity contribution in [1.29, 1.82) is 0 Å². The van der Waals surface area contributed by atoms with Crippen LogP contribution in [0.15, 0.2) is 48.5 Å². The number of nitrogens with one attached hydrogen (secondary N) is 2. The Hall–Kier alpha value is -3.08. The maximum absolute atomic E-state index is 13.0. The van der Waals surface area contributed by atoms with Crippen LogP contribution in [0.1, 0.15) is 34.7 Å². The van der Waals surface area contributed by atoms with E-state index in [2.05, 4.69) is 22.4 Å². The summed E-state index contributed by atoms with van der Waals surface area (Å²) in [6.45, 7) is 0. The Balaban J connectivity index is 1.69. The van der Waals surface area contributed by atoms with E-state index in [4.69, 9.17) is 0 Å². The fraction of sp³-hybridized carbons (Fsp3) is 0.238. The number of hydrogen-bond acceptors (Lipinski definition) is 3. The number of fused-ring (bicyclic) bond motifs is 10. The molecule has 26 heavy (non-hydrogen) atoms. The molecular weight excluding hydrogens is 326 g/mol. The first kappa shape index (κ1) is 14.1. The molecule has 3 heterocycles. The Labute approximate surface area is 150 Å². The number of nitrogens with zero attached hydrogens (tertiary/aromatic N) is 1. The summed E-state index contributed by atoms with van der Waals surface area (Å²) >= 11 is 0. The van der Waals surface area contributed by atoms with Crippen LogP contribution in [0.2, 0.25) is 0 Å². The molecule has 2 amide bonds. The first-order valence-corrected chi connectivity index (χ1v) is 8.94. The summed E-state index contributed by atoms with van der Waals surface area (Å²) < 4.78 is 0. The van der Waals surface area contributed by atoms with Crippen molar-refractivity contribution in [2.75, 3.05) is 12.4 Å². The van der Waals surface area contributed by atoms with Gasteiger partial charge < -0.3 is 10.3 Å². The third-order valence-electron chi connectivity index (χ3n) is 6.35. The van der Waals surface area contributed by atoms with Crippen molar-refractivity contribution in [3.63, 3.8) is 0 Å². The number of aromatic amines is 1.